The van der Waals surface area contributed by atoms with Crippen LogP contribution in [-0.4, -0.2) is 31.6 Å². The highest BCUT2D eigenvalue weighted by Gasteiger charge is 2.20. The molecule has 1 aliphatic heterocycles. The van der Waals surface area contributed by atoms with Crippen LogP contribution in [0.25, 0.3) is 0 Å². The molecule has 1 rings (SSSR count). The molecule has 0 N–H and O–H groups in total. The van der Waals surface area contributed by atoms with Crippen molar-refractivity contribution in [2.24, 2.45) is 5.92 Å². The zero-order valence-corrected chi connectivity index (χ0v) is 12.6. The van der Waals surface area contributed by atoms with Gasteiger partial charge in [0.25, 0.3) is 0 Å². The van der Waals surface area contributed by atoms with E-state index in [2.05, 4.69) is 0 Å². The molecular weight excluding hydrogens is 256 g/mol. The molecule has 0 aromatic carbocycles. The molecule has 0 radical (unpaired) electrons. The zero-order valence-electron chi connectivity index (χ0n) is 12.6. The fraction of sp³-hybridized carbons (Fsp3) is 0.625. The average Bonchev–Trinajstić information content (AvgIpc) is 2.43. The van der Waals surface area contributed by atoms with Crippen LogP contribution in [0.2, 0.25) is 0 Å². The van der Waals surface area contributed by atoms with E-state index in [1.807, 2.05) is 32.1 Å². The van der Waals surface area contributed by atoms with Gasteiger partial charge in [0.15, 0.2) is 5.78 Å². The quantitative estimate of drug-likeness (QED) is 0.547. The van der Waals surface area contributed by atoms with Gasteiger partial charge in [0.1, 0.15) is 12.7 Å². The number of esters is 1. The third-order valence-corrected chi connectivity index (χ3v) is 3.29. The number of hydrogen-bond acceptors (Lipinski definition) is 4. The lowest BCUT2D eigenvalue weighted by molar-refractivity contribution is -0.142. The molecule has 20 heavy (non-hydrogen) atoms. The number of rotatable bonds is 1. The Hall–Kier alpha value is -1.42. The van der Waals surface area contributed by atoms with Crippen molar-refractivity contribution in [3.8, 4) is 0 Å². The highest BCUT2D eigenvalue weighted by Crippen LogP contribution is 2.12. The largest absolute Gasteiger partial charge is 0.461 e. The van der Waals surface area contributed by atoms with E-state index in [4.69, 9.17) is 9.47 Å². The van der Waals surface area contributed by atoms with Gasteiger partial charge < -0.3 is 9.47 Å². The summed E-state index contributed by atoms with van der Waals surface area (Å²) in [6.07, 6.45) is 8.08. The molecule has 0 saturated heterocycles. The first-order valence-corrected chi connectivity index (χ1v) is 7.10. The summed E-state index contributed by atoms with van der Waals surface area (Å²) in [4.78, 5) is 23.7. The van der Waals surface area contributed by atoms with Gasteiger partial charge in [-0.05, 0) is 31.8 Å². The molecule has 4 heteroatoms. The fourth-order valence-corrected chi connectivity index (χ4v) is 2.12. The minimum Gasteiger partial charge on any atom is -0.461 e. The summed E-state index contributed by atoms with van der Waals surface area (Å²) in [7, 11) is 1.54. The summed E-state index contributed by atoms with van der Waals surface area (Å²) in [5, 5.41) is 0. The molecule has 0 fully saturated rings. The van der Waals surface area contributed by atoms with Gasteiger partial charge in [-0.3, -0.25) is 9.59 Å². The lowest BCUT2D eigenvalue weighted by Crippen LogP contribution is -2.26. The van der Waals surface area contributed by atoms with Gasteiger partial charge in [-0.2, -0.15) is 0 Å². The molecule has 0 spiro atoms. The topological polar surface area (TPSA) is 52.6 Å². The number of ketones is 1. The average molecular weight is 280 g/mol. The Morgan fingerprint density at radius 3 is 2.75 bits per heavy atom. The molecule has 1 heterocycles. The van der Waals surface area contributed by atoms with E-state index in [1.165, 1.54) is 0 Å². The Balaban J connectivity index is 2.81. The molecule has 1 unspecified atom stereocenters. The van der Waals surface area contributed by atoms with Crippen LogP contribution in [0.1, 0.15) is 39.5 Å². The van der Waals surface area contributed by atoms with Crippen molar-refractivity contribution >= 4 is 11.8 Å². The van der Waals surface area contributed by atoms with Crippen molar-refractivity contribution in [3.63, 3.8) is 0 Å². The number of allylic oxidation sites excluding steroid dienone is 2. The van der Waals surface area contributed by atoms with E-state index >= 15 is 0 Å². The van der Waals surface area contributed by atoms with Crippen LogP contribution >= 0.6 is 0 Å². The van der Waals surface area contributed by atoms with Crippen molar-refractivity contribution in [1.29, 1.82) is 0 Å². The van der Waals surface area contributed by atoms with Gasteiger partial charge in [0.2, 0.25) is 0 Å². The number of methoxy groups -OCH3 is 1. The molecule has 0 aliphatic carbocycles. The molecule has 2 atom stereocenters. The third kappa shape index (κ3) is 5.70. The maximum atomic E-state index is 12.2. The minimum atomic E-state index is -0.500. The van der Waals surface area contributed by atoms with Gasteiger partial charge in [0.05, 0.1) is 0 Å². The van der Waals surface area contributed by atoms with Gasteiger partial charge in [-0.15, -0.1) is 0 Å². The lowest BCUT2D eigenvalue weighted by atomic mass is 9.98. The van der Waals surface area contributed by atoms with Crippen LogP contribution in [0.3, 0.4) is 0 Å². The normalized spacial score (nSPS) is 30.9. The molecular formula is C16H24O4. The van der Waals surface area contributed by atoms with Crippen LogP contribution in [0.15, 0.2) is 23.8 Å². The molecule has 112 valence electrons. The minimum absolute atomic E-state index is 0.0199. The molecule has 4 nitrogen and oxygen atoms in total. The number of carbonyl (C=O) groups is 2. The summed E-state index contributed by atoms with van der Waals surface area (Å²) in [5.41, 5.74) is 0.884. The van der Waals surface area contributed by atoms with Crippen LogP contribution in [-0.2, 0) is 19.1 Å². The maximum Gasteiger partial charge on any atom is 0.306 e. The number of carbonyl (C=O) groups excluding carboxylic acids is 2. The number of Topliss-reactive ketones (excluding diaryl/α,β-unsaturated/α-hetero) is 1. The van der Waals surface area contributed by atoms with E-state index in [0.717, 1.165) is 24.8 Å². The Morgan fingerprint density at radius 1 is 1.30 bits per heavy atom. The van der Waals surface area contributed by atoms with Crippen LogP contribution in [0, 0.1) is 5.92 Å². The second-order valence-electron chi connectivity index (χ2n) is 5.19. The molecule has 0 saturated carbocycles. The van der Waals surface area contributed by atoms with E-state index in [0.29, 0.717) is 6.42 Å². The highest BCUT2D eigenvalue weighted by atomic mass is 16.5. The van der Waals surface area contributed by atoms with Crippen molar-refractivity contribution in [2.75, 3.05) is 13.7 Å². The number of ether oxygens (including phenoxy) is 2. The first-order chi connectivity index (χ1) is 9.54. The summed E-state index contributed by atoms with van der Waals surface area (Å²) >= 11 is 0. The number of hydrogen-bond donors (Lipinski definition) is 0. The van der Waals surface area contributed by atoms with Crippen LogP contribution in [0.5, 0.6) is 0 Å². The fourth-order valence-electron chi connectivity index (χ4n) is 2.12. The van der Waals surface area contributed by atoms with E-state index in [-0.39, 0.29) is 24.3 Å². The molecule has 1 aliphatic rings. The van der Waals surface area contributed by atoms with Crippen molar-refractivity contribution in [3.05, 3.63) is 23.8 Å². The zero-order chi connectivity index (χ0) is 15.0. The van der Waals surface area contributed by atoms with Crippen molar-refractivity contribution < 1.29 is 19.1 Å². The van der Waals surface area contributed by atoms with E-state index in [9.17, 15) is 9.59 Å². The van der Waals surface area contributed by atoms with Gasteiger partial charge in [-0.25, -0.2) is 0 Å². The number of cyclic esters (lactones) is 1. The Bertz CT molecular complexity index is 395. The first kappa shape index (κ1) is 16.6. The van der Waals surface area contributed by atoms with E-state index < -0.39 is 6.10 Å². The summed E-state index contributed by atoms with van der Waals surface area (Å²) < 4.78 is 10.4. The molecule has 0 aromatic heterocycles. The molecule has 0 amide bonds. The first-order valence-electron chi connectivity index (χ1n) is 7.10. The Labute approximate surface area is 120 Å². The van der Waals surface area contributed by atoms with E-state index in [1.54, 1.807) is 7.11 Å². The van der Waals surface area contributed by atoms with Gasteiger partial charge in [-0.1, -0.05) is 25.2 Å². The summed E-state index contributed by atoms with van der Waals surface area (Å²) in [6.45, 7) is 3.95. The Kier molecular flexibility index (Phi) is 7.23. The summed E-state index contributed by atoms with van der Waals surface area (Å²) in [5.74, 6) is -0.412. The monoisotopic (exact) mass is 280 g/mol. The maximum absolute atomic E-state index is 12.2. The SMILES string of the molecule is CO[C@H]1/C=C/CCCCC(=O)OC/C(C)=C\C(C)C1=O. The second-order valence-corrected chi connectivity index (χ2v) is 5.19. The highest BCUT2D eigenvalue weighted by molar-refractivity contribution is 5.88. The van der Waals surface area contributed by atoms with Crippen LogP contribution in [0.4, 0.5) is 0 Å². The third-order valence-electron chi connectivity index (χ3n) is 3.29. The van der Waals surface area contributed by atoms with Crippen molar-refractivity contribution in [2.45, 2.75) is 45.6 Å². The van der Waals surface area contributed by atoms with Gasteiger partial charge >= 0.3 is 5.97 Å². The lowest BCUT2D eigenvalue weighted by Gasteiger charge is -2.15. The predicted octanol–water partition coefficient (Wildman–Crippen LogP) is 2.83. The van der Waals surface area contributed by atoms with Crippen molar-refractivity contribution in [1.82, 2.24) is 0 Å². The van der Waals surface area contributed by atoms with Gasteiger partial charge in [0, 0.05) is 19.4 Å². The molecule has 0 aromatic rings. The predicted molar refractivity (Wildman–Crippen MR) is 77.3 cm³/mol. The van der Waals surface area contributed by atoms with Crippen LogP contribution < -0.4 is 0 Å². The smallest absolute Gasteiger partial charge is 0.306 e. The molecule has 0 bridgehead atoms. The standard InChI is InChI=1S/C16H24O4/c1-12-10-13(2)16(18)14(19-3)8-6-4-5-7-9-15(17)20-11-12/h6,8,10,13-14H,4-5,7,9,11H2,1-3H3/b8-6+,12-10-/t13?,14-/m0/s1. The second kappa shape index (κ2) is 8.69. The Morgan fingerprint density at radius 2 is 2.05 bits per heavy atom. The summed E-state index contributed by atoms with van der Waals surface area (Å²) in [6, 6.07) is 0.